The molecule has 1 aromatic heterocycles. The third kappa shape index (κ3) is 2.82. The van der Waals surface area contributed by atoms with Gasteiger partial charge in [0, 0.05) is 18.2 Å². The molecule has 0 aliphatic rings. The molecule has 1 heterocycles. The molecular weight excluding hydrogens is 242 g/mol. The number of nitrogens with two attached hydrogens (primary N) is 1. The molecule has 2 N–H and O–H groups in total. The molecule has 2 aromatic rings. The van der Waals surface area contributed by atoms with E-state index in [0.29, 0.717) is 13.1 Å². The van der Waals surface area contributed by atoms with Crippen molar-refractivity contribution in [2.75, 3.05) is 7.11 Å². The first-order chi connectivity index (χ1) is 9.15. The Morgan fingerprint density at radius 2 is 2.05 bits per heavy atom. The topological polar surface area (TPSA) is 70.1 Å². The molecule has 0 unspecified atom stereocenters. The van der Waals surface area contributed by atoms with Crippen molar-refractivity contribution in [2.45, 2.75) is 20.0 Å². The molecule has 0 amide bonds. The maximum Gasteiger partial charge on any atom is 0.267 e. The summed E-state index contributed by atoms with van der Waals surface area (Å²) < 4.78 is 6.69. The normalized spacial score (nSPS) is 10.5. The van der Waals surface area contributed by atoms with Crippen LogP contribution in [0.5, 0.6) is 5.75 Å². The van der Waals surface area contributed by atoms with Crippen LogP contribution in [-0.2, 0) is 13.1 Å². The summed E-state index contributed by atoms with van der Waals surface area (Å²) in [7, 11) is 1.61. The number of methoxy groups -OCH3 is 1. The maximum absolute atomic E-state index is 12.0. The second-order valence-electron chi connectivity index (χ2n) is 4.27. The molecule has 0 radical (unpaired) electrons. The van der Waals surface area contributed by atoms with Crippen molar-refractivity contribution in [2.24, 2.45) is 5.73 Å². The van der Waals surface area contributed by atoms with Crippen molar-refractivity contribution in [3.8, 4) is 5.75 Å². The van der Waals surface area contributed by atoms with Crippen molar-refractivity contribution in [1.82, 2.24) is 9.78 Å². The van der Waals surface area contributed by atoms with Crippen LogP contribution in [0, 0.1) is 6.92 Å². The van der Waals surface area contributed by atoms with E-state index in [0.717, 1.165) is 22.6 Å². The van der Waals surface area contributed by atoms with Crippen LogP contribution in [0.4, 0.5) is 0 Å². The smallest absolute Gasteiger partial charge is 0.267 e. The number of nitrogens with zero attached hydrogens (tertiary/aromatic N) is 2. The Kier molecular flexibility index (Phi) is 3.97. The Bertz CT molecular complexity index is 635. The summed E-state index contributed by atoms with van der Waals surface area (Å²) >= 11 is 0. The number of ether oxygens (including phenoxy) is 1. The fraction of sp³-hybridized carbons (Fsp3) is 0.286. The minimum atomic E-state index is -0.156. The first-order valence-corrected chi connectivity index (χ1v) is 6.05. The molecule has 2 rings (SSSR count). The summed E-state index contributed by atoms with van der Waals surface area (Å²) in [5.74, 6) is 0.747. The Morgan fingerprint density at radius 1 is 1.32 bits per heavy atom. The molecule has 0 spiro atoms. The zero-order valence-electron chi connectivity index (χ0n) is 11.1. The van der Waals surface area contributed by atoms with Gasteiger partial charge in [-0.1, -0.05) is 18.2 Å². The van der Waals surface area contributed by atoms with Crippen molar-refractivity contribution < 1.29 is 4.74 Å². The van der Waals surface area contributed by atoms with Gasteiger partial charge in [-0.25, -0.2) is 4.68 Å². The van der Waals surface area contributed by atoms with Gasteiger partial charge in [-0.15, -0.1) is 0 Å². The lowest BCUT2D eigenvalue weighted by molar-refractivity contribution is 0.406. The molecule has 0 bridgehead atoms. The Morgan fingerprint density at radius 3 is 2.74 bits per heavy atom. The summed E-state index contributed by atoms with van der Waals surface area (Å²) in [4.78, 5) is 12.0. The monoisotopic (exact) mass is 259 g/mol. The summed E-state index contributed by atoms with van der Waals surface area (Å²) in [6.45, 7) is 2.55. The molecule has 0 aliphatic carbocycles. The molecule has 1 aromatic carbocycles. The van der Waals surface area contributed by atoms with E-state index in [4.69, 9.17) is 10.5 Å². The highest BCUT2D eigenvalue weighted by Gasteiger charge is 2.07. The van der Waals surface area contributed by atoms with E-state index in [-0.39, 0.29) is 5.56 Å². The standard InChI is InChI=1S/C14H17N3O2/c1-10-12(8-15)7-14(18)17(16-10)9-11-5-3-4-6-13(11)19-2/h3-7H,8-9,15H2,1-2H3. The highest BCUT2D eigenvalue weighted by molar-refractivity contribution is 5.33. The van der Waals surface area contributed by atoms with Crippen LogP contribution in [-0.4, -0.2) is 16.9 Å². The highest BCUT2D eigenvalue weighted by Crippen LogP contribution is 2.17. The molecule has 0 saturated heterocycles. The van der Waals surface area contributed by atoms with Crippen LogP contribution in [0.25, 0.3) is 0 Å². The van der Waals surface area contributed by atoms with E-state index in [9.17, 15) is 4.79 Å². The van der Waals surface area contributed by atoms with Gasteiger partial charge in [0.25, 0.3) is 5.56 Å². The minimum Gasteiger partial charge on any atom is -0.496 e. The predicted octanol–water partition coefficient (Wildman–Crippen LogP) is 1.07. The fourth-order valence-corrected chi connectivity index (χ4v) is 1.94. The number of hydrogen-bond acceptors (Lipinski definition) is 4. The van der Waals surface area contributed by atoms with Crippen LogP contribution in [0.1, 0.15) is 16.8 Å². The van der Waals surface area contributed by atoms with E-state index in [1.165, 1.54) is 10.7 Å². The molecular formula is C14H17N3O2. The van der Waals surface area contributed by atoms with Gasteiger partial charge < -0.3 is 10.5 Å². The van der Waals surface area contributed by atoms with Crippen LogP contribution < -0.4 is 16.0 Å². The highest BCUT2D eigenvalue weighted by atomic mass is 16.5. The quantitative estimate of drug-likeness (QED) is 0.891. The van der Waals surface area contributed by atoms with Crippen LogP contribution >= 0.6 is 0 Å². The van der Waals surface area contributed by atoms with Gasteiger partial charge in [-0.2, -0.15) is 5.10 Å². The molecule has 5 nitrogen and oxygen atoms in total. The van der Waals surface area contributed by atoms with Crippen molar-refractivity contribution in [3.05, 3.63) is 57.5 Å². The fourth-order valence-electron chi connectivity index (χ4n) is 1.94. The van der Waals surface area contributed by atoms with Crippen LogP contribution in [0.3, 0.4) is 0 Å². The van der Waals surface area contributed by atoms with Gasteiger partial charge >= 0.3 is 0 Å². The van der Waals surface area contributed by atoms with E-state index in [2.05, 4.69) is 5.10 Å². The number of rotatable bonds is 4. The number of aryl methyl sites for hydroxylation is 1. The lowest BCUT2D eigenvalue weighted by Crippen LogP contribution is -2.25. The summed E-state index contributed by atoms with van der Waals surface area (Å²) in [5, 5.41) is 4.28. The molecule has 5 heteroatoms. The van der Waals surface area contributed by atoms with Crippen molar-refractivity contribution in [1.29, 1.82) is 0 Å². The van der Waals surface area contributed by atoms with Gasteiger partial charge in [0.1, 0.15) is 5.75 Å². The zero-order valence-corrected chi connectivity index (χ0v) is 11.1. The Hall–Kier alpha value is -2.14. The minimum absolute atomic E-state index is 0.156. The number of benzene rings is 1. The predicted molar refractivity (Wildman–Crippen MR) is 73.2 cm³/mol. The Balaban J connectivity index is 2.39. The van der Waals surface area contributed by atoms with Crippen molar-refractivity contribution >= 4 is 0 Å². The second kappa shape index (κ2) is 5.67. The zero-order chi connectivity index (χ0) is 13.8. The average molecular weight is 259 g/mol. The van der Waals surface area contributed by atoms with Gasteiger partial charge in [0.15, 0.2) is 0 Å². The van der Waals surface area contributed by atoms with E-state index in [1.807, 2.05) is 31.2 Å². The number of hydrogen-bond donors (Lipinski definition) is 1. The first kappa shape index (κ1) is 13.3. The number of aromatic nitrogens is 2. The molecule has 0 saturated carbocycles. The summed E-state index contributed by atoms with van der Waals surface area (Å²) in [6, 6.07) is 9.11. The van der Waals surface area contributed by atoms with E-state index < -0.39 is 0 Å². The van der Waals surface area contributed by atoms with Crippen molar-refractivity contribution in [3.63, 3.8) is 0 Å². The number of para-hydroxylation sites is 1. The van der Waals surface area contributed by atoms with Gasteiger partial charge in [-0.05, 0) is 18.6 Å². The molecule has 0 aliphatic heterocycles. The first-order valence-electron chi connectivity index (χ1n) is 6.05. The average Bonchev–Trinajstić information content (AvgIpc) is 2.43. The van der Waals surface area contributed by atoms with E-state index >= 15 is 0 Å². The van der Waals surface area contributed by atoms with Gasteiger partial charge in [0.2, 0.25) is 0 Å². The molecule has 0 fully saturated rings. The molecule has 100 valence electrons. The maximum atomic E-state index is 12.0. The van der Waals surface area contributed by atoms with Crippen LogP contribution in [0.15, 0.2) is 35.1 Å². The second-order valence-corrected chi connectivity index (χ2v) is 4.27. The SMILES string of the molecule is COc1ccccc1Cn1nc(C)c(CN)cc1=O. The van der Waals surface area contributed by atoms with Gasteiger partial charge in [-0.3, -0.25) is 4.79 Å². The lowest BCUT2D eigenvalue weighted by atomic mass is 10.2. The lowest BCUT2D eigenvalue weighted by Gasteiger charge is -2.11. The Labute approximate surface area is 111 Å². The summed E-state index contributed by atoms with van der Waals surface area (Å²) in [5.41, 5.74) is 7.87. The third-order valence-electron chi connectivity index (χ3n) is 3.02. The summed E-state index contributed by atoms with van der Waals surface area (Å²) in [6.07, 6.45) is 0. The van der Waals surface area contributed by atoms with E-state index in [1.54, 1.807) is 7.11 Å². The largest absolute Gasteiger partial charge is 0.496 e. The molecule has 0 atom stereocenters. The van der Waals surface area contributed by atoms with Gasteiger partial charge in [0.05, 0.1) is 19.3 Å². The molecule has 19 heavy (non-hydrogen) atoms. The van der Waals surface area contributed by atoms with Crippen LogP contribution in [0.2, 0.25) is 0 Å². The third-order valence-corrected chi connectivity index (χ3v) is 3.02.